The quantitative estimate of drug-likeness (QED) is 0.804. The average molecular weight is 335 g/mol. The van der Waals surface area contributed by atoms with E-state index in [0.717, 1.165) is 11.6 Å². The molecule has 3 N–H and O–H groups in total. The number of carbonyl (C=O) groups excluding carboxylic acids is 1. The standard InChI is InChI=1S/C17H16F3N3O/c18-12-3-1-11(2-4-12)15-8-16(23-22-15)17(24)21-9-10-5-13(19)7-14(20)6-10/h1-7,15-16,22-23H,8-9H2,(H,21,24). The number of rotatable bonds is 4. The van der Waals surface area contributed by atoms with E-state index in [4.69, 9.17) is 0 Å². The van der Waals surface area contributed by atoms with Crippen LogP contribution < -0.4 is 16.2 Å². The van der Waals surface area contributed by atoms with Crippen LogP contribution in [0.1, 0.15) is 23.6 Å². The molecule has 0 bridgehead atoms. The largest absolute Gasteiger partial charge is 0.351 e. The normalized spacial score (nSPS) is 20.1. The molecular formula is C17H16F3N3O. The summed E-state index contributed by atoms with van der Waals surface area (Å²) < 4.78 is 39.2. The van der Waals surface area contributed by atoms with Gasteiger partial charge in [-0.1, -0.05) is 12.1 Å². The molecule has 1 fully saturated rings. The van der Waals surface area contributed by atoms with E-state index in [0.29, 0.717) is 12.0 Å². The summed E-state index contributed by atoms with van der Waals surface area (Å²) >= 11 is 0. The van der Waals surface area contributed by atoms with Crippen LogP contribution in [0.4, 0.5) is 13.2 Å². The van der Waals surface area contributed by atoms with Crippen molar-refractivity contribution in [3.8, 4) is 0 Å². The fourth-order valence-electron chi connectivity index (χ4n) is 2.67. The van der Waals surface area contributed by atoms with Gasteiger partial charge in [0.2, 0.25) is 5.91 Å². The number of benzene rings is 2. The minimum absolute atomic E-state index is 0.0346. The fourth-order valence-corrected chi connectivity index (χ4v) is 2.67. The Morgan fingerprint density at radius 3 is 2.33 bits per heavy atom. The molecule has 126 valence electrons. The zero-order valence-corrected chi connectivity index (χ0v) is 12.7. The molecule has 2 aromatic carbocycles. The third-order valence-corrected chi connectivity index (χ3v) is 3.88. The zero-order chi connectivity index (χ0) is 17.1. The first-order valence-electron chi connectivity index (χ1n) is 7.50. The van der Waals surface area contributed by atoms with Crippen LogP contribution in [0.25, 0.3) is 0 Å². The number of halogens is 3. The molecule has 0 saturated carbocycles. The van der Waals surface area contributed by atoms with Gasteiger partial charge in [-0.3, -0.25) is 4.79 Å². The second-order valence-corrected chi connectivity index (χ2v) is 5.68. The van der Waals surface area contributed by atoms with Crippen molar-refractivity contribution in [2.45, 2.75) is 25.0 Å². The molecule has 2 atom stereocenters. The van der Waals surface area contributed by atoms with Crippen LogP contribution in [0.2, 0.25) is 0 Å². The third kappa shape index (κ3) is 3.93. The van der Waals surface area contributed by atoms with Crippen molar-refractivity contribution < 1.29 is 18.0 Å². The van der Waals surface area contributed by atoms with Gasteiger partial charge in [-0.05, 0) is 41.8 Å². The van der Waals surface area contributed by atoms with Gasteiger partial charge in [-0.15, -0.1) is 0 Å². The molecular weight excluding hydrogens is 319 g/mol. The molecule has 0 spiro atoms. The molecule has 7 heteroatoms. The zero-order valence-electron chi connectivity index (χ0n) is 12.7. The highest BCUT2D eigenvalue weighted by atomic mass is 19.1. The Labute approximate surface area is 137 Å². The van der Waals surface area contributed by atoms with Gasteiger partial charge in [0.25, 0.3) is 0 Å². The highest BCUT2D eigenvalue weighted by molar-refractivity contribution is 5.82. The Hall–Kier alpha value is -2.38. The Morgan fingerprint density at radius 1 is 1.00 bits per heavy atom. The van der Waals surface area contributed by atoms with Gasteiger partial charge < -0.3 is 5.32 Å². The van der Waals surface area contributed by atoms with E-state index in [9.17, 15) is 18.0 Å². The van der Waals surface area contributed by atoms with Gasteiger partial charge in [0, 0.05) is 18.7 Å². The summed E-state index contributed by atoms with van der Waals surface area (Å²) in [5.41, 5.74) is 7.08. The van der Waals surface area contributed by atoms with E-state index in [2.05, 4.69) is 16.2 Å². The minimum Gasteiger partial charge on any atom is -0.351 e. The summed E-state index contributed by atoms with van der Waals surface area (Å²) in [6, 6.07) is 8.56. The first kappa shape index (κ1) is 16.5. The Kier molecular flexibility index (Phi) is 4.82. The summed E-state index contributed by atoms with van der Waals surface area (Å²) in [6.45, 7) is 0.0346. The van der Waals surface area contributed by atoms with Crippen molar-refractivity contribution in [1.82, 2.24) is 16.2 Å². The third-order valence-electron chi connectivity index (χ3n) is 3.88. The number of hydrogen-bond acceptors (Lipinski definition) is 3. The molecule has 1 saturated heterocycles. The monoisotopic (exact) mass is 335 g/mol. The smallest absolute Gasteiger partial charge is 0.238 e. The molecule has 3 rings (SSSR count). The van der Waals surface area contributed by atoms with Gasteiger partial charge in [0.1, 0.15) is 23.5 Å². The highest BCUT2D eigenvalue weighted by Crippen LogP contribution is 2.22. The maximum absolute atomic E-state index is 13.1. The number of hydrogen-bond donors (Lipinski definition) is 3. The van der Waals surface area contributed by atoms with Gasteiger partial charge >= 0.3 is 0 Å². The maximum atomic E-state index is 13.1. The van der Waals surface area contributed by atoms with Crippen LogP contribution >= 0.6 is 0 Å². The topological polar surface area (TPSA) is 53.2 Å². The van der Waals surface area contributed by atoms with Crippen molar-refractivity contribution >= 4 is 5.91 Å². The van der Waals surface area contributed by atoms with Gasteiger partial charge in [0.05, 0.1) is 0 Å². The van der Waals surface area contributed by atoms with Crippen LogP contribution in [-0.4, -0.2) is 11.9 Å². The molecule has 1 aliphatic rings. The average Bonchev–Trinajstić information content (AvgIpc) is 3.02. The molecule has 1 amide bonds. The van der Waals surface area contributed by atoms with E-state index in [1.165, 1.54) is 24.3 Å². The number of carbonyl (C=O) groups is 1. The summed E-state index contributed by atoms with van der Waals surface area (Å²) in [5, 5.41) is 2.64. The van der Waals surface area contributed by atoms with E-state index >= 15 is 0 Å². The summed E-state index contributed by atoms with van der Waals surface area (Å²) in [5.74, 6) is -1.97. The molecule has 0 aromatic heterocycles. The second-order valence-electron chi connectivity index (χ2n) is 5.68. The van der Waals surface area contributed by atoms with Crippen molar-refractivity contribution in [3.63, 3.8) is 0 Å². The van der Waals surface area contributed by atoms with Crippen LogP contribution in [0.3, 0.4) is 0 Å². The first-order valence-corrected chi connectivity index (χ1v) is 7.50. The Bertz CT molecular complexity index is 716. The molecule has 4 nitrogen and oxygen atoms in total. The minimum atomic E-state index is -0.684. The number of hydrazine groups is 1. The summed E-state index contributed by atoms with van der Waals surface area (Å²) in [6.07, 6.45) is 0.481. The van der Waals surface area contributed by atoms with Gasteiger partial charge in [-0.25, -0.2) is 24.0 Å². The van der Waals surface area contributed by atoms with Crippen LogP contribution in [-0.2, 0) is 11.3 Å². The second kappa shape index (κ2) is 7.02. The Balaban J connectivity index is 1.55. The lowest BCUT2D eigenvalue weighted by Gasteiger charge is -2.11. The molecule has 0 aliphatic carbocycles. The Morgan fingerprint density at radius 2 is 1.67 bits per heavy atom. The molecule has 1 heterocycles. The molecule has 2 aromatic rings. The maximum Gasteiger partial charge on any atom is 0.238 e. The number of amides is 1. The van der Waals surface area contributed by atoms with Crippen molar-refractivity contribution in [1.29, 1.82) is 0 Å². The lowest BCUT2D eigenvalue weighted by molar-refractivity contribution is -0.123. The lowest BCUT2D eigenvalue weighted by Crippen LogP contribution is -2.42. The number of nitrogens with one attached hydrogen (secondary N) is 3. The summed E-state index contributed by atoms with van der Waals surface area (Å²) in [7, 11) is 0. The van der Waals surface area contributed by atoms with E-state index in [1.54, 1.807) is 12.1 Å². The molecule has 2 unspecified atom stereocenters. The molecule has 0 radical (unpaired) electrons. The van der Waals surface area contributed by atoms with Gasteiger partial charge in [0.15, 0.2) is 0 Å². The molecule has 1 aliphatic heterocycles. The predicted molar refractivity (Wildman–Crippen MR) is 82.0 cm³/mol. The van der Waals surface area contributed by atoms with Crippen LogP contribution in [0, 0.1) is 17.5 Å². The SMILES string of the molecule is O=C(NCc1cc(F)cc(F)c1)C1CC(c2ccc(F)cc2)NN1. The summed E-state index contributed by atoms with van der Waals surface area (Å²) in [4.78, 5) is 12.2. The highest BCUT2D eigenvalue weighted by Gasteiger charge is 2.29. The van der Waals surface area contributed by atoms with Crippen LogP contribution in [0.15, 0.2) is 42.5 Å². The van der Waals surface area contributed by atoms with E-state index in [-0.39, 0.29) is 24.3 Å². The van der Waals surface area contributed by atoms with Crippen LogP contribution in [0.5, 0.6) is 0 Å². The van der Waals surface area contributed by atoms with Gasteiger partial charge in [-0.2, -0.15) is 0 Å². The predicted octanol–water partition coefficient (Wildman–Crippen LogP) is 2.33. The van der Waals surface area contributed by atoms with Crippen molar-refractivity contribution in [2.24, 2.45) is 0 Å². The first-order chi connectivity index (χ1) is 11.5. The van der Waals surface area contributed by atoms with E-state index in [1.807, 2.05) is 0 Å². The van der Waals surface area contributed by atoms with E-state index < -0.39 is 17.7 Å². The van der Waals surface area contributed by atoms with Crippen molar-refractivity contribution in [3.05, 3.63) is 71.0 Å². The van der Waals surface area contributed by atoms with Crippen molar-refractivity contribution in [2.75, 3.05) is 0 Å². The lowest BCUT2D eigenvalue weighted by atomic mass is 10.0. The molecule has 24 heavy (non-hydrogen) atoms. The fraction of sp³-hybridized carbons (Fsp3) is 0.235.